The van der Waals surface area contributed by atoms with E-state index in [1.165, 1.54) is 5.56 Å². The number of pyridine rings is 1. The Labute approximate surface area is 172 Å². The minimum atomic E-state index is -0.387. The summed E-state index contributed by atoms with van der Waals surface area (Å²) < 4.78 is 11.1. The van der Waals surface area contributed by atoms with Crippen LogP contribution in [0.4, 0.5) is 0 Å². The molecule has 2 aromatic carbocycles. The molecular weight excluding hydrogens is 362 g/mol. The van der Waals surface area contributed by atoms with Crippen LogP contribution in [0, 0.1) is 0 Å². The highest BCUT2D eigenvalue weighted by Crippen LogP contribution is 2.21. The molecule has 0 aliphatic rings. The number of aryl methyl sites for hydroxylation is 1. The van der Waals surface area contributed by atoms with E-state index in [0.717, 1.165) is 42.7 Å². The number of esters is 1. The van der Waals surface area contributed by atoms with Gasteiger partial charge in [-0.05, 0) is 60.9 Å². The lowest BCUT2D eigenvalue weighted by molar-refractivity contribution is 0.0734. The third kappa shape index (κ3) is 5.92. The predicted molar refractivity (Wildman–Crippen MR) is 115 cm³/mol. The van der Waals surface area contributed by atoms with Crippen LogP contribution in [-0.2, 0) is 6.42 Å². The summed E-state index contributed by atoms with van der Waals surface area (Å²) in [4.78, 5) is 16.9. The molecule has 0 amide bonds. The van der Waals surface area contributed by atoms with Crippen LogP contribution in [0.1, 0.15) is 49.0 Å². The summed E-state index contributed by atoms with van der Waals surface area (Å²) in [5.74, 6) is 0.887. The smallest absolute Gasteiger partial charge is 0.343 e. The largest absolute Gasteiger partial charge is 0.494 e. The summed E-state index contributed by atoms with van der Waals surface area (Å²) in [5, 5.41) is 0. The second kappa shape index (κ2) is 10.4. The number of unbranched alkanes of at least 4 members (excludes halogenated alkanes) is 1. The Kier molecular flexibility index (Phi) is 7.40. The molecule has 0 aliphatic heterocycles. The average Bonchev–Trinajstić information content (AvgIpc) is 2.76. The van der Waals surface area contributed by atoms with Crippen LogP contribution in [0.25, 0.3) is 11.3 Å². The van der Waals surface area contributed by atoms with Crippen molar-refractivity contribution < 1.29 is 14.3 Å². The zero-order valence-corrected chi connectivity index (χ0v) is 17.1. The van der Waals surface area contributed by atoms with Crippen LogP contribution in [-0.4, -0.2) is 17.6 Å². The molecule has 3 aromatic rings. The first-order chi connectivity index (χ1) is 14.2. The van der Waals surface area contributed by atoms with Crippen molar-refractivity contribution in [1.29, 1.82) is 0 Å². The fourth-order valence-electron chi connectivity index (χ4n) is 2.91. The second-order valence-electron chi connectivity index (χ2n) is 6.94. The third-order valence-electron chi connectivity index (χ3n) is 4.58. The summed E-state index contributed by atoms with van der Waals surface area (Å²) in [6.45, 7) is 4.97. The van der Waals surface area contributed by atoms with Gasteiger partial charge in [-0.3, -0.25) is 4.98 Å². The van der Waals surface area contributed by atoms with E-state index in [9.17, 15) is 4.79 Å². The molecule has 4 nitrogen and oxygen atoms in total. The van der Waals surface area contributed by atoms with Gasteiger partial charge in [0.15, 0.2) is 0 Å². The molecular formula is C25H27NO3. The molecule has 4 heteroatoms. The van der Waals surface area contributed by atoms with E-state index in [1.54, 1.807) is 24.3 Å². The van der Waals surface area contributed by atoms with Crippen LogP contribution in [0.5, 0.6) is 11.5 Å². The van der Waals surface area contributed by atoms with Crippen molar-refractivity contribution in [3.8, 4) is 22.8 Å². The molecule has 0 atom stereocenters. The first kappa shape index (κ1) is 20.6. The van der Waals surface area contributed by atoms with Gasteiger partial charge in [0.05, 0.1) is 17.9 Å². The quantitative estimate of drug-likeness (QED) is 0.252. The molecule has 0 saturated heterocycles. The van der Waals surface area contributed by atoms with E-state index in [2.05, 4.69) is 24.9 Å². The van der Waals surface area contributed by atoms with Gasteiger partial charge >= 0.3 is 5.97 Å². The maximum Gasteiger partial charge on any atom is 0.343 e. The molecule has 3 rings (SSSR count). The normalized spacial score (nSPS) is 10.6. The van der Waals surface area contributed by atoms with Crippen LogP contribution < -0.4 is 9.47 Å². The van der Waals surface area contributed by atoms with Crippen molar-refractivity contribution in [2.45, 2.75) is 39.5 Å². The minimum Gasteiger partial charge on any atom is -0.494 e. The van der Waals surface area contributed by atoms with Gasteiger partial charge < -0.3 is 9.47 Å². The zero-order valence-electron chi connectivity index (χ0n) is 17.1. The van der Waals surface area contributed by atoms with Gasteiger partial charge in [0.25, 0.3) is 0 Å². The number of carbonyl (C=O) groups excluding carboxylic acids is 1. The fraction of sp³-hybridized carbons (Fsp3) is 0.280. The Morgan fingerprint density at radius 3 is 2.21 bits per heavy atom. The number of nitrogens with zero attached hydrogens (tertiary/aromatic N) is 1. The molecule has 29 heavy (non-hydrogen) atoms. The van der Waals surface area contributed by atoms with E-state index < -0.39 is 0 Å². The summed E-state index contributed by atoms with van der Waals surface area (Å²) in [5.41, 5.74) is 3.60. The zero-order chi connectivity index (χ0) is 20.5. The highest BCUT2D eigenvalue weighted by Gasteiger charge is 2.10. The molecule has 1 heterocycles. The number of benzene rings is 2. The van der Waals surface area contributed by atoms with Crippen molar-refractivity contribution >= 4 is 5.97 Å². The summed E-state index contributed by atoms with van der Waals surface area (Å²) in [6, 6.07) is 18.6. The van der Waals surface area contributed by atoms with Gasteiger partial charge in [-0.25, -0.2) is 4.79 Å². The van der Waals surface area contributed by atoms with Crippen LogP contribution in [0.2, 0.25) is 0 Å². The number of rotatable bonds is 9. The lowest BCUT2D eigenvalue weighted by Gasteiger charge is -2.08. The minimum absolute atomic E-state index is 0.387. The van der Waals surface area contributed by atoms with Crippen molar-refractivity contribution in [3.63, 3.8) is 0 Å². The van der Waals surface area contributed by atoms with Crippen molar-refractivity contribution in [2.24, 2.45) is 0 Å². The standard InChI is InChI=1S/C25H27NO3/c1-3-5-17-28-22-12-14-23(15-13-22)29-25(27)21-10-8-20(9-11-21)24-16-7-19(6-4-2)18-26-24/h7-16,18H,3-6,17H2,1-2H3. The Bertz CT molecular complexity index is 900. The van der Waals surface area contributed by atoms with E-state index in [-0.39, 0.29) is 5.97 Å². The molecule has 0 N–H and O–H groups in total. The van der Waals surface area contributed by atoms with Gasteiger partial charge in [0.2, 0.25) is 0 Å². The maximum absolute atomic E-state index is 12.4. The number of aromatic nitrogens is 1. The summed E-state index contributed by atoms with van der Waals surface area (Å²) >= 11 is 0. The summed E-state index contributed by atoms with van der Waals surface area (Å²) in [6.07, 6.45) is 6.16. The monoisotopic (exact) mass is 389 g/mol. The Balaban J connectivity index is 1.60. The van der Waals surface area contributed by atoms with E-state index >= 15 is 0 Å². The van der Waals surface area contributed by atoms with Gasteiger partial charge in [0, 0.05) is 11.8 Å². The van der Waals surface area contributed by atoms with Crippen molar-refractivity contribution in [1.82, 2.24) is 4.98 Å². The number of ether oxygens (including phenoxy) is 2. The fourth-order valence-corrected chi connectivity index (χ4v) is 2.91. The van der Waals surface area contributed by atoms with Gasteiger partial charge in [0.1, 0.15) is 11.5 Å². The van der Waals surface area contributed by atoms with E-state index in [1.807, 2.05) is 36.5 Å². The first-order valence-corrected chi connectivity index (χ1v) is 10.2. The van der Waals surface area contributed by atoms with Gasteiger partial charge in [-0.1, -0.05) is 44.9 Å². The number of carbonyl (C=O) groups is 1. The van der Waals surface area contributed by atoms with Gasteiger partial charge in [-0.15, -0.1) is 0 Å². The van der Waals surface area contributed by atoms with Crippen molar-refractivity contribution in [3.05, 3.63) is 78.0 Å². The van der Waals surface area contributed by atoms with Crippen molar-refractivity contribution in [2.75, 3.05) is 6.61 Å². The molecule has 0 fully saturated rings. The molecule has 1 aromatic heterocycles. The first-order valence-electron chi connectivity index (χ1n) is 10.2. The van der Waals surface area contributed by atoms with Crippen LogP contribution in [0.15, 0.2) is 66.9 Å². The van der Waals surface area contributed by atoms with Crippen LogP contribution >= 0.6 is 0 Å². The van der Waals surface area contributed by atoms with Crippen LogP contribution in [0.3, 0.4) is 0 Å². The lowest BCUT2D eigenvalue weighted by atomic mass is 10.1. The Morgan fingerprint density at radius 2 is 1.59 bits per heavy atom. The van der Waals surface area contributed by atoms with E-state index in [0.29, 0.717) is 17.9 Å². The predicted octanol–water partition coefficient (Wildman–Crippen LogP) is 6.10. The molecule has 0 radical (unpaired) electrons. The molecule has 0 saturated carbocycles. The SMILES string of the molecule is CCCCOc1ccc(OC(=O)c2ccc(-c3ccc(CCC)cn3)cc2)cc1. The van der Waals surface area contributed by atoms with E-state index in [4.69, 9.17) is 9.47 Å². The highest BCUT2D eigenvalue weighted by atomic mass is 16.5. The second-order valence-corrected chi connectivity index (χ2v) is 6.94. The highest BCUT2D eigenvalue weighted by molar-refractivity contribution is 5.91. The Hall–Kier alpha value is -3.14. The molecule has 0 unspecified atom stereocenters. The number of hydrogen-bond donors (Lipinski definition) is 0. The molecule has 0 spiro atoms. The molecule has 0 bridgehead atoms. The number of hydrogen-bond acceptors (Lipinski definition) is 4. The maximum atomic E-state index is 12.4. The average molecular weight is 389 g/mol. The lowest BCUT2D eigenvalue weighted by Crippen LogP contribution is -2.08. The molecule has 0 aliphatic carbocycles. The third-order valence-corrected chi connectivity index (χ3v) is 4.58. The Morgan fingerprint density at radius 1 is 0.862 bits per heavy atom. The van der Waals surface area contributed by atoms with Gasteiger partial charge in [-0.2, -0.15) is 0 Å². The topological polar surface area (TPSA) is 48.4 Å². The summed E-state index contributed by atoms with van der Waals surface area (Å²) in [7, 11) is 0. The molecule has 150 valence electrons.